The van der Waals surface area contributed by atoms with E-state index in [2.05, 4.69) is 19.5 Å². The summed E-state index contributed by atoms with van der Waals surface area (Å²) in [6.45, 7) is 0.347. The molecule has 2 aromatic heterocycles. The number of hydrogen-bond donors (Lipinski definition) is 1. The molecule has 2 bridgehead atoms. The van der Waals surface area contributed by atoms with Crippen molar-refractivity contribution in [2.45, 2.75) is 36.9 Å². The lowest BCUT2D eigenvalue weighted by Crippen LogP contribution is -2.70. The SMILES string of the molecule is CON(C)C(=O)C(F)(F)OC(c1ccc(-c2nccs2)c2oc(N3CC4CC(C3)N4C(=O)O)nc12)C(F)(F)F. The highest BCUT2D eigenvalue weighted by Gasteiger charge is 2.54. The number of piperazine rings is 1. The Kier molecular flexibility index (Phi) is 6.62. The molecule has 17 heteroatoms. The number of nitrogens with zero attached hydrogens (tertiary/aromatic N) is 5. The molecule has 5 heterocycles. The number of aromatic nitrogens is 2. The largest absolute Gasteiger partial charge is 0.465 e. The van der Waals surface area contributed by atoms with Crippen LogP contribution in [0.15, 0.2) is 28.1 Å². The van der Waals surface area contributed by atoms with Gasteiger partial charge in [-0.15, -0.1) is 11.3 Å². The van der Waals surface area contributed by atoms with Crippen molar-refractivity contribution in [2.24, 2.45) is 0 Å². The molecule has 1 aromatic carbocycles. The molecule has 11 nitrogen and oxygen atoms in total. The quantitative estimate of drug-likeness (QED) is 0.326. The van der Waals surface area contributed by atoms with Gasteiger partial charge in [-0.3, -0.25) is 19.3 Å². The topological polar surface area (TPSA) is 121 Å². The third kappa shape index (κ3) is 4.74. The van der Waals surface area contributed by atoms with Gasteiger partial charge in [0.25, 0.3) is 6.01 Å². The predicted octanol–water partition coefficient (Wildman–Crippen LogP) is 4.12. The van der Waals surface area contributed by atoms with Crippen molar-refractivity contribution in [3.63, 3.8) is 0 Å². The molecule has 1 N–H and O–H groups in total. The van der Waals surface area contributed by atoms with E-state index in [1.54, 1.807) is 10.3 Å². The lowest BCUT2D eigenvalue weighted by molar-refractivity contribution is -0.323. The maximum Gasteiger partial charge on any atom is 0.439 e. The maximum atomic E-state index is 14.6. The first-order valence-electron chi connectivity index (χ1n) is 11.4. The fraction of sp³-hybridized carbons (Fsp3) is 0.455. The third-order valence-corrected chi connectivity index (χ3v) is 7.37. The summed E-state index contributed by atoms with van der Waals surface area (Å²) in [6, 6.07) is 1.31. The van der Waals surface area contributed by atoms with Crippen LogP contribution in [0.4, 0.5) is 32.8 Å². The van der Waals surface area contributed by atoms with Crippen molar-refractivity contribution >= 4 is 40.5 Å². The number of halogens is 5. The summed E-state index contributed by atoms with van der Waals surface area (Å²) < 4.78 is 81.6. The standard InChI is InChI=1S/C22H20F5N5O6S/c1-30(36-2)18(33)22(26,27)38-16(21(23,24)25)12-3-4-13(17-28-5-6-39-17)15-14(12)29-19(37-15)31-8-10-7-11(9-31)32(10)20(34)35/h3-6,10-11,16H,7-9H2,1-2H3,(H,34,35). The molecule has 210 valence electrons. The highest BCUT2D eigenvalue weighted by Crippen LogP contribution is 2.45. The van der Waals surface area contributed by atoms with E-state index in [1.807, 2.05) is 0 Å². The van der Waals surface area contributed by atoms with Gasteiger partial charge in [0.05, 0.1) is 24.8 Å². The predicted molar refractivity (Wildman–Crippen MR) is 124 cm³/mol. The minimum Gasteiger partial charge on any atom is -0.465 e. The molecule has 3 fully saturated rings. The molecule has 3 aliphatic heterocycles. The number of hydroxylamine groups is 2. The second kappa shape index (κ2) is 9.56. The Balaban J connectivity index is 1.58. The number of piperidine rings is 1. The zero-order valence-electron chi connectivity index (χ0n) is 20.2. The summed E-state index contributed by atoms with van der Waals surface area (Å²) in [6.07, 6.45) is -12.6. The van der Waals surface area contributed by atoms with Crippen molar-refractivity contribution in [1.29, 1.82) is 0 Å². The zero-order valence-corrected chi connectivity index (χ0v) is 21.0. The average Bonchev–Trinajstić information content (AvgIpc) is 3.56. The summed E-state index contributed by atoms with van der Waals surface area (Å²) in [5.41, 5.74) is -1.12. The molecule has 0 spiro atoms. The van der Waals surface area contributed by atoms with Gasteiger partial charge in [-0.25, -0.2) is 14.8 Å². The van der Waals surface area contributed by atoms with E-state index in [-0.39, 0.29) is 47.4 Å². The number of thiazole rings is 1. The van der Waals surface area contributed by atoms with Crippen molar-refractivity contribution in [2.75, 3.05) is 32.1 Å². The highest BCUT2D eigenvalue weighted by atomic mass is 32.1. The smallest absolute Gasteiger partial charge is 0.439 e. The number of fused-ring (bicyclic) bond motifs is 3. The van der Waals surface area contributed by atoms with Crippen LogP contribution in [0.2, 0.25) is 0 Å². The Labute approximate surface area is 220 Å². The van der Waals surface area contributed by atoms with Crippen molar-refractivity contribution < 1.29 is 50.6 Å². The molecule has 3 unspecified atom stereocenters. The number of anilines is 1. The van der Waals surface area contributed by atoms with Gasteiger partial charge in [0.2, 0.25) is 0 Å². The van der Waals surface area contributed by atoms with E-state index in [0.717, 1.165) is 31.6 Å². The number of carbonyl (C=O) groups excluding carboxylic acids is 1. The first kappa shape index (κ1) is 27.0. The number of ether oxygens (including phenoxy) is 1. The van der Waals surface area contributed by atoms with Gasteiger partial charge in [0.15, 0.2) is 11.7 Å². The normalized spacial score (nSPS) is 20.2. The van der Waals surface area contributed by atoms with Gasteiger partial charge in [-0.1, -0.05) is 6.07 Å². The van der Waals surface area contributed by atoms with Crippen LogP contribution in [0.1, 0.15) is 18.1 Å². The molecule has 3 atom stereocenters. The van der Waals surface area contributed by atoms with Gasteiger partial charge in [0, 0.05) is 37.3 Å². The van der Waals surface area contributed by atoms with E-state index in [1.165, 1.54) is 17.2 Å². The second-order valence-electron chi connectivity index (χ2n) is 8.89. The van der Waals surface area contributed by atoms with Crippen molar-refractivity contribution in [3.05, 3.63) is 29.3 Å². The second-order valence-corrected chi connectivity index (χ2v) is 9.79. The van der Waals surface area contributed by atoms with Crippen LogP contribution in [0.5, 0.6) is 0 Å². The minimum absolute atomic E-state index is 0.0465. The number of benzene rings is 1. The molecule has 3 saturated heterocycles. The number of carbonyl (C=O) groups is 2. The Bertz CT molecular complexity index is 1390. The van der Waals surface area contributed by atoms with Crippen LogP contribution in [0.3, 0.4) is 0 Å². The summed E-state index contributed by atoms with van der Waals surface area (Å²) >= 11 is 1.16. The van der Waals surface area contributed by atoms with Gasteiger partial charge in [-0.2, -0.15) is 26.9 Å². The van der Waals surface area contributed by atoms with Gasteiger partial charge >= 0.3 is 24.3 Å². The van der Waals surface area contributed by atoms with E-state index in [9.17, 15) is 36.6 Å². The number of likely N-dealkylation sites (N-methyl/N-ethyl adjacent to an activating group) is 1. The van der Waals surface area contributed by atoms with E-state index < -0.39 is 41.5 Å². The molecule has 3 aromatic rings. The Morgan fingerprint density at radius 2 is 1.92 bits per heavy atom. The Hall–Kier alpha value is -3.57. The Morgan fingerprint density at radius 3 is 2.49 bits per heavy atom. The Morgan fingerprint density at radius 1 is 1.23 bits per heavy atom. The monoisotopic (exact) mass is 577 g/mol. The number of carboxylic acid groups (broad SMARTS) is 1. The molecule has 0 radical (unpaired) electrons. The highest BCUT2D eigenvalue weighted by molar-refractivity contribution is 7.13. The first-order chi connectivity index (χ1) is 18.3. The molecule has 6 rings (SSSR count). The van der Waals surface area contributed by atoms with E-state index >= 15 is 0 Å². The van der Waals surface area contributed by atoms with Crippen LogP contribution in [0.25, 0.3) is 21.7 Å². The van der Waals surface area contributed by atoms with Gasteiger partial charge < -0.3 is 14.4 Å². The van der Waals surface area contributed by atoms with Gasteiger partial charge in [0.1, 0.15) is 10.5 Å². The molecular formula is C22H20F5N5O6S. The fourth-order valence-corrected chi connectivity index (χ4v) is 5.40. The molecule has 0 aliphatic carbocycles. The third-order valence-electron chi connectivity index (χ3n) is 6.57. The van der Waals surface area contributed by atoms with Crippen LogP contribution >= 0.6 is 11.3 Å². The number of rotatable bonds is 7. The maximum absolute atomic E-state index is 14.6. The average molecular weight is 577 g/mol. The van der Waals surface area contributed by atoms with Crippen molar-refractivity contribution in [3.8, 4) is 10.6 Å². The number of oxazole rings is 1. The van der Waals surface area contributed by atoms with Crippen LogP contribution in [-0.4, -0.2) is 88.7 Å². The van der Waals surface area contributed by atoms with E-state index in [0.29, 0.717) is 11.4 Å². The van der Waals surface area contributed by atoms with Crippen molar-refractivity contribution in [1.82, 2.24) is 19.9 Å². The summed E-state index contributed by atoms with van der Waals surface area (Å²) in [5, 5.41) is 11.4. The molecule has 2 amide bonds. The number of hydrogen-bond acceptors (Lipinski definition) is 9. The molecule has 3 aliphatic rings. The lowest BCUT2D eigenvalue weighted by atomic mass is 9.88. The summed E-state index contributed by atoms with van der Waals surface area (Å²) in [4.78, 5) is 39.0. The minimum atomic E-state index is -5.39. The number of amides is 2. The van der Waals surface area contributed by atoms with Crippen LogP contribution in [-0.2, 0) is 14.4 Å². The zero-order chi connectivity index (χ0) is 28.3. The first-order valence-corrected chi connectivity index (χ1v) is 12.2. The fourth-order valence-electron chi connectivity index (χ4n) is 4.74. The summed E-state index contributed by atoms with van der Waals surface area (Å²) in [5.74, 6) is -2.15. The molecule has 0 saturated carbocycles. The molecule has 39 heavy (non-hydrogen) atoms. The number of alkyl halides is 5. The van der Waals surface area contributed by atoms with Crippen LogP contribution < -0.4 is 4.90 Å². The molecular weight excluding hydrogens is 557 g/mol. The lowest BCUT2D eigenvalue weighted by Gasteiger charge is -2.54. The van der Waals surface area contributed by atoms with E-state index in [4.69, 9.17) is 4.42 Å². The van der Waals surface area contributed by atoms with Crippen LogP contribution in [0, 0.1) is 0 Å². The van der Waals surface area contributed by atoms with Gasteiger partial charge in [-0.05, 0) is 12.5 Å². The summed E-state index contributed by atoms with van der Waals surface area (Å²) in [7, 11) is 1.68.